The Hall–Kier alpha value is -2.66. The molecule has 5 nitrogen and oxygen atoms in total. The molecule has 0 bridgehead atoms. The van der Waals surface area contributed by atoms with Crippen molar-refractivity contribution in [1.82, 2.24) is 0 Å². The molecule has 0 amide bonds. The van der Waals surface area contributed by atoms with Crippen LogP contribution in [-0.4, -0.2) is 27.7 Å². The minimum Gasteiger partial charge on any atom is -0.507 e. The zero-order chi connectivity index (χ0) is 18.4. The Labute approximate surface area is 146 Å². The monoisotopic (exact) mass is 342 g/mol. The summed E-state index contributed by atoms with van der Waals surface area (Å²) in [7, 11) is 0. The molecule has 1 aliphatic rings. The summed E-state index contributed by atoms with van der Waals surface area (Å²) in [6.07, 6.45) is 3.20. The van der Waals surface area contributed by atoms with Gasteiger partial charge in [-0.1, -0.05) is 18.2 Å². The second-order valence-electron chi connectivity index (χ2n) is 6.79. The van der Waals surface area contributed by atoms with E-state index in [1.807, 2.05) is 0 Å². The van der Waals surface area contributed by atoms with Crippen LogP contribution in [0, 0.1) is 13.8 Å². The minimum absolute atomic E-state index is 0.0727. The summed E-state index contributed by atoms with van der Waals surface area (Å²) >= 11 is 0. The highest BCUT2D eigenvalue weighted by atomic mass is 16.7. The first-order valence-corrected chi connectivity index (χ1v) is 8.06. The van der Waals surface area contributed by atoms with Crippen LogP contribution < -0.4 is 9.47 Å². The average Bonchev–Trinajstić information content (AvgIpc) is 3.01. The Morgan fingerprint density at radius 1 is 1.00 bits per heavy atom. The maximum atomic E-state index is 10.7. The number of rotatable bonds is 3. The lowest BCUT2D eigenvalue weighted by Gasteiger charge is -2.18. The third-order valence-corrected chi connectivity index (χ3v) is 4.35. The average molecular weight is 342 g/mol. The Balaban J connectivity index is 2.26. The van der Waals surface area contributed by atoms with Crippen molar-refractivity contribution in [2.75, 3.05) is 6.79 Å². The number of hydrogen-bond acceptors (Lipinski definition) is 5. The zero-order valence-electron chi connectivity index (χ0n) is 14.8. The van der Waals surface area contributed by atoms with E-state index in [0.717, 1.165) is 0 Å². The summed E-state index contributed by atoms with van der Waals surface area (Å²) in [5, 5.41) is 31.4. The molecule has 2 aromatic rings. The highest BCUT2D eigenvalue weighted by Gasteiger charge is 2.22. The topological polar surface area (TPSA) is 79.2 Å². The molecule has 0 spiro atoms. The molecule has 0 radical (unpaired) electrons. The van der Waals surface area contributed by atoms with Crippen LogP contribution in [0.1, 0.15) is 30.5 Å². The normalized spacial score (nSPS) is 13.6. The molecular formula is C20H22O5. The molecular weight excluding hydrogens is 320 g/mol. The van der Waals surface area contributed by atoms with Crippen LogP contribution in [0.15, 0.2) is 24.3 Å². The number of fused-ring (bicyclic) bond motifs is 1. The van der Waals surface area contributed by atoms with Gasteiger partial charge in [-0.25, -0.2) is 0 Å². The predicted octanol–water partition coefficient (Wildman–Crippen LogP) is 3.89. The lowest BCUT2D eigenvalue weighted by molar-refractivity contribution is 0.134. The predicted molar refractivity (Wildman–Crippen MR) is 96.1 cm³/mol. The molecule has 0 saturated heterocycles. The Morgan fingerprint density at radius 2 is 1.64 bits per heavy atom. The molecule has 0 fully saturated rings. The van der Waals surface area contributed by atoms with Crippen molar-refractivity contribution in [3.63, 3.8) is 0 Å². The van der Waals surface area contributed by atoms with Gasteiger partial charge in [-0.2, -0.15) is 0 Å². The van der Waals surface area contributed by atoms with Gasteiger partial charge in [-0.05, 0) is 56.5 Å². The molecule has 0 saturated carbocycles. The molecule has 0 aromatic heterocycles. The van der Waals surface area contributed by atoms with Gasteiger partial charge in [0, 0.05) is 11.1 Å². The fourth-order valence-corrected chi connectivity index (χ4v) is 2.78. The van der Waals surface area contributed by atoms with Gasteiger partial charge in [0.1, 0.15) is 11.5 Å². The summed E-state index contributed by atoms with van der Waals surface area (Å²) in [4.78, 5) is 0. The van der Waals surface area contributed by atoms with E-state index in [9.17, 15) is 15.3 Å². The highest BCUT2D eigenvalue weighted by molar-refractivity contribution is 5.86. The smallest absolute Gasteiger partial charge is 0.231 e. The number of benzene rings is 2. The maximum absolute atomic E-state index is 10.7. The fraction of sp³-hybridized carbons (Fsp3) is 0.300. The van der Waals surface area contributed by atoms with Gasteiger partial charge in [-0.3, -0.25) is 0 Å². The number of aliphatic hydroxyl groups is 1. The van der Waals surface area contributed by atoms with Crippen LogP contribution in [0.25, 0.3) is 17.2 Å². The van der Waals surface area contributed by atoms with E-state index in [0.29, 0.717) is 39.3 Å². The number of phenolic OH excluding ortho intramolecular Hbond substituents is 2. The molecule has 25 heavy (non-hydrogen) atoms. The summed E-state index contributed by atoms with van der Waals surface area (Å²) < 4.78 is 10.7. The van der Waals surface area contributed by atoms with Crippen molar-refractivity contribution in [1.29, 1.82) is 0 Å². The lowest BCUT2D eigenvalue weighted by Crippen LogP contribution is -2.13. The molecule has 132 valence electrons. The van der Waals surface area contributed by atoms with E-state index in [2.05, 4.69) is 0 Å². The molecule has 1 aliphatic heterocycles. The van der Waals surface area contributed by atoms with Gasteiger partial charge in [0.25, 0.3) is 0 Å². The third kappa shape index (κ3) is 3.15. The standard InChI is InChI=1S/C20H22O5/c1-11-12(2)19(22)17(14(18(11)21)7-8-20(3,4)23)13-5-6-15-16(9-13)25-10-24-15/h5-9,21-23H,10H2,1-4H3. The highest BCUT2D eigenvalue weighted by Crippen LogP contribution is 2.46. The summed E-state index contributed by atoms with van der Waals surface area (Å²) in [6.45, 7) is 6.94. The zero-order valence-corrected chi connectivity index (χ0v) is 14.8. The van der Waals surface area contributed by atoms with Crippen molar-refractivity contribution < 1.29 is 24.8 Å². The van der Waals surface area contributed by atoms with Crippen molar-refractivity contribution in [2.24, 2.45) is 0 Å². The first-order chi connectivity index (χ1) is 11.7. The largest absolute Gasteiger partial charge is 0.507 e. The Morgan fingerprint density at radius 3 is 2.32 bits per heavy atom. The molecule has 0 aliphatic carbocycles. The van der Waals surface area contributed by atoms with Crippen molar-refractivity contribution in [2.45, 2.75) is 33.3 Å². The van der Waals surface area contributed by atoms with Gasteiger partial charge in [-0.15, -0.1) is 0 Å². The Kier molecular flexibility index (Phi) is 4.13. The van der Waals surface area contributed by atoms with Gasteiger partial charge < -0.3 is 24.8 Å². The molecule has 3 N–H and O–H groups in total. The van der Waals surface area contributed by atoms with Gasteiger partial charge in [0.05, 0.1) is 5.60 Å². The van der Waals surface area contributed by atoms with Gasteiger partial charge in [0.2, 0.25) is 6.79 Å². The molecule has 0 unspecified atom stereocenters. The van der Waals surface area contributed by atoms with Crippen LogP contribution in [-0.2, 0) is 0 Å². The second-order valence-corrected chi connectivity index (χ2v) is 6.79. The molecule has 0 atom stereocenters. The number of ether oxygens (including phenoxy) is 2. The van der Waals surface area contributed by atoms with E-state index >= 15 is 0 Å². The summed E-state index contributed by atoms with van der Waals surface area (Å²) in [5.41, 5.74) is 1.77. The summed E-state index contributed by atoms with van der Waals surface area (Å²) in [6, 6.07) is 5.35. The molecule has 5 heteroatoms. The first kappa shape index (κ1) is 17.2. The SMILES string of the molecule is Cc1c(C)c(O)c(-c2ccc3c(c2)OCO3)c(C=CC(C)(C)O)c1O. The van der Waals surface area contributed by atoms with Gasteiger partial charge in [0.15, 0.2) is 11.5 Å². The Bertz CT molecular complexity index is 860. The lowest BCUT2D eigenvalue weighted by atomic mass is 9.91. The summed E-state index contributed by atoms with van der Waals surface area (Å²) in [5.74, 6) is 1.39. The molecule has 1 heterocycles. The van der Waals surface area contributed by atoms with Crippen LogP contribution in [0.2, 0.25) is 0 Å². The maximum Gasteiger partial charge on any atom is 0.231 e. The van der Waals surface area contributed by atoms with Crippen molar-refractivity contribution >= 4 is 6.08 Å². The van der Waals surface area contributed by atoms with E-state index < -0.39 is 5.60 Å². The van der Waals surface area contributed by atoms with E-state index in [4.69, 9.17) is 9.47 Å². The van der Waals surface area contributed by atoms with E-state index in [1.165, 1.54) is 0 Å². The van der Waals surface area contributed by atoms with Crippen LogP contribution in [0.5, 0.6) is 23.0 Å². The van der Waals surface area contributed by atoms with Crippen LogP contribution in [0.3, 0.4) is 0 Å². The second kappa shape index (κ2) is 6.01. The third-order valence-electron chi connectivity index (χ3n) is 4.35. The van der Waals surface area contributed by atoms with Crippen molar-refractivity contribution in [3.8, 4) is 34.1 Å². The number of hydrogen-bond donors (Lipinski definition) is 3. The quantitative estimate of drug-likeness (QED) is 0.738. The molecule has 3 rings (SSSR count). The molecule has 2 aromatic carbocycles. The fourth-order valence-electron chi connectivity index (χ4n) is 2.78. The number of phenols is 2. The van der Waals surface area contributed by atoms with Crippen LogP contribution in [0.4, 0.5) is 0 Å². The van der Waals surface area contributed by atoms with Crippen molar-refractivity contribution in [3.05, 3.63) is 41.0 Å². The first-order valence-electron chi connectivity index (χ1n) is 8.06. The van der Waals surface area contributed by atoms with Crippen LogP contribution >= 0.6 is 0 Å². The van der Waals surface area contributed by atoms with E-state index in [-0.39, 0.29) is 18.3 Å². The minimum atomic E-state index is -1.05. The number of aromatic hydroxyl groups is 2. The van der Waals surface area contributed by atoms with E-state index in [1.54, 1.807) is 58.0 Å². The van der Waals surface area contributed by atoms with Gasteiger partial charge >= 0.3 is 0 Å².